The van der Waals surface area contributed by atoms with E-state index >= 15 is 0 Å². The molecule has 17 heavy (non-hydrogen) atoms. The molecule has 96 valence electrons. The third kappa shape index (κ3) is 5.04. The average Bonchev–Trinajstić information content (AvgIpc) is 2.39. The van der Waals surface area contributed by atoms with E-state index < -0.39 is 0 Å². The van der Waals surface area contributed by atoms with Crippen molar-refractivity contribution in [3.05, 3.63) is 18.2 Å². The zero-order valence-corrected chi connectivity index (χ0v) is 11.2. The highest BCUT2D eigenvalue weighted by molar-refractivity contribution is 5.44. The van der Waals surface area contributed by atoms with Gasteiger partial charge in [-0.3, -0.25) is 0 Å². The monoisotopic (exact) mass is 236 g/mol. The zero-order chi connectivity index (χ0) is 12.5. The topological polar surface area (TPSA) is 40.2 Å². The molecule has 4 nitrogen and oxygen atoms in total. The number of rotatable bonds is 8. The van der Waals surface area contributed by atoms with Crippen LogP contribution < -0.4 is 10.6 Å². The summed E-state index contributed by atoms with van der Waals surface area (Å²) in [5, 5.41) is 6.38. The van der Waals surface area contributed by atoms with Crippen LogP contribution in [0.25, 0.3) is 0 Å². The van der Waals surface area contributed by atoms with Crippen molar-refractivity contribution in [2.75, 3.05) is 43.9 Å². The molecule has 1 aromatic heterocycles. The van der Waals surface area contributed by atoms with Gasteiger partial charge < -0.3 is 15.5 Å². The summed E-state index contributed by atoms with van der Waals surface area (Å²) in [5.41, 5.74) is 0. The van der Waals surface area contributed by atoms with Crippen molar-refractivity contribution >= 4 is 11.6 Å². The Morgan fingerprint density at radius 3 is 2.53 bits per heavy atom. The molecule has 2 N–H and O–H groups in total. The van der Waals surface area contributed by atoms with E-state index in [9.17, 15) is 0 Å². The Hall–Kier alpha value is -1.29. The largest absolute Gasteiger partial charge is 0.373 e. The highest BCUT2D eigenvalue weighted by Crippen LogP contribution is 2.08. The van der Waals surface area contributed by atoms with Gasteiger partial charge in [-0.15, -0.1) is 0 Å². The fourth-order valence-corrected chi connectivity index (χ4v) is 1.73. The number of hydrogen-bond donors (Lipinski definition) is 2. The third-order valence-corrected chi connectivity index (χ3v) is 2.86. The van der Waals surface area contributed by atoms with Crippen LogP contribution in [0.5, 0.6) is 0 Å². The number of aromatic nitrogens is 1. The molecule has 0 aromatic carbocycles. The molecule has 0 spiro atoms. The second-order valence-corrected chi connectivity index (χ2v) is 3.97. The summed E-state index contributed by atoms with van der Waals surface area (Å²) in [6.07, 6.45) is 1.15. The first-order chi connectivity index (χ1) is 8.30. The molecule has 0 fully saturated rings. The SMILES string of the molecule is CCN(CC)CCCNc1cccc(NC)n1. The minimum Gasteiger partial charge on any atom is -0.373 e. The Bertz CT molecular complexity index is 310. The lowest BCUT2D eigenvalue weighted by Gasteiger charge is -2.17. The molecule has 0 radical (unpaired) electrons. The van der Waals surface area contributed by atoms with E-state index in [-0.39, 0.29) is 0 Å². The summed E-state index contributed by atoms with van der Waals surface area (Å²) in [5.74, 6) is 1.84. The maximum Gasteiger partial charge on any atom is 0.128 e. The summed E-state index contributed by atoms with van der Waals surface area (Å²) < 4.78 is 0. The Morgan fingerprint density at radius 1 is 1.18 bits per heavy atom. The van der Waals surface area contributed by atoms with Gasteiger partial charge in [-0.1, -0.05) is 19.9 Å². The van der Waals surface area contributed by atoms with E-state index in [0.29, 0.717) is 0 Å². The van der Waals surface area contributed by atoms with Crippen LogP contribution in [0.15, 0.2) is 18.2 Å². The van der Waals surface area contributed by atoms with Gasteiger partial charge in [-0.25, -0.2) is 4.98 Å². The van der Waals surface area contributed by atoms with Gasteiger partial charge in [0.15, 0.2) is 0 Å². The summed E-state index contributed by atoms with van der Waals surface area (Å²) in [6, 6.07) is 5.96. The highest BCUT2D eigenvalue weighted by atomic mass is 15.1. The van der Waals surface area contributed by atoms with Crippen LogP contribution >= 0.6 is 0 Å². The van der Waals surface area contributed by atoms with Crippen molar-refractivity contribution in [1.29, 1.82) is 0 Å². The summed E-state index contributed by atoms with van der Waals surface area (Å²) in [7, 11) is 1.88. The molecule has 1 aromatic rings. The molecule has 0 aliphatic heterocycles. The van der Waals surface area contributed by atoms with Gasteiger partial charge in [0.1, 0.15) is 11.6 Å². The Morgan fingerprint density at radius 2 is 1.88 bits per heavy atom. The maximum atomic E-state index is 4.41. The molecule has 0 saturated heterocycles. The summed E-state index contributed by atoms with van der Waals surface area (Å²) >= 11 is 0. The van der Waals surface area contributed by atoms with Crippen LogP contribution in [0.3, 0.4) is 0 Å². The quantitative estimate of drug-likeness (QED) is 0.679. The molecule has 0 aliphatic carbocycles. The predicted molar refractivity (Wildman–Crippen MR) is 74.7 cm³/mol. The Kier molecular flexibility index (Phi) is 6.40. The van der Waals surface area contributed by atoms with E-state index in [0.717, 1.165) is 44.2 Å². The van der Waals surface area contributed by atoms with Crippen molar-refractivity contribution in [3.63, 3.8) is 0 Å². The van der Waals surface area contributed by atoms with E-state index in [1.165, 1.54) is 0 Å². The van der Waals surface area contributed by atoms with Crippen molar-refractivity contribution in [2.45, 2.75) is 20.3 Å². The van der Waals surface area contributed by atoms with Crippen LogP contribution in [0.1, 0.15) is 20.3 Å². The fraction of sp³-hybridized carbons (Fsp3) is 0.615. The molecule has 0 unspecified atom stereocenters. The number of nitrogens with one attached hydrogen (secondary N) is 2. The lowest BCUT2D eigenvalue weighted by Crippen LogP contribution is -2.25. The lowest BCUT2D eigenvalue weighted by atomic mass is 10.3. The molecule has 0 aliphatic rings. The van der Waals surface area contributed by atoms with Crippen molar-refractivity contribution in [1.82, 2.24) is 9.88 Å². The molecule has 0 atom stereocenters. The van der Waals surface area contributed by atoms with Crippen LogP contribution in [0.4, 0.5) is 11.6 Å². The van der Waals surface area contributed by atoms with Gasteiger partial charge >= 0.3 is 0 Å². The molecule has 0 bridgehead atoms. The van der Waals surface area contributed by atoms with E-state index in [1.807, 2.05) is 25.2 Å². The number of anilines is 2. The van der Waals surface area contributed by atoms with Crippen molar-refractivity contribution in [3.8, 4) is 0 Å². The van der Waals surface area contributed by atoms with E-state index in [1.54, 1.807) is 0 Å². The minimum atomic E-state index is 0.902. The normalized spacial score (nSPS) is 10.6. The first-order valence-electron chi connectivity index (χ1n) is 6.41. The van der Waals surface area contributed by atoms with Gasteiger partial charge in [0.2, 0.25) is 0 Å². The number of hydrogen-bond acceptors (Lipinski definition) is 4. The molecular weight excluding hydrogens is 212 g/mol. The highest BCUT2D eigenvalue weighted by Gasteiger charge is 1.99. The zero-order valence-electron chi connectivity index (χ0n) is 11.2. The number of nitrogens with zero attached hydrogens (tertiary/aromatic N) is 2. The predicted octanol–water partition coefficient (Wildman–Crippen LogP) is 2.27. The minimum absolute atomic E-state index is 0.902. The fourth-order valence-electron chi connectivity index (χ4n) is 1.73. The summed E-state index contributed by atoms with van der Waals surface area (Å²) in [4.78, 5) is 6.84. The maximum absolute atomic E-state index is 4.41. The smallest absolute Gasteiger partial charge is 0.128 e. The van der Waals surface area contributed by atoms with Gasteiger partial charge in [-0.2, -0.15) is 0 Å². The molecule has 0 amide bonds. The van der Waals surface area contributed by atoms with Crippen LogP contribution in [0.2, 0.25) is 0 Å². The third-order valence-electron chi connectivity index (χ3n) is 2.86. The molecular formula is C13H24N4. The van der Waals surface area contributed by atoms with Gasteiger partial charge in [-0.05, 0) is 38.2 Å². The van der Waals surface area contributed by atoms with Gasteiger partial charge in [0, 0.05) is 13.6 Å². The summed E-state index contributed by atoms with van der Waals surface area (Å²) in [6.45, 7) is 8.78. The second-order valence-electron chi connectivity index (χ2n) is 3.97. The molecule has 4 heteroatoms. The van der Waals surface area contributed by atoms with Crippen LogP contribution in [-0.4, -0.2) is 43.1 Å². The van der Waals surface area contributed by atoms with Gasteiger partial charge in [0.25, 0.3) is 0 Å². The Balaban J connectivity index is 2.26. The average molecular weight is 236 g/mol. The first kappa shape index (κ1) is 13.8. The van der Waals surface area contributed by atoms with Crippen molar-refractivity contribution < 1.29 is 0 Å². The lowest BCUT2D eigenvalue weighted by molar-refractivity contribution is 0.303. The molecule has 1 heterocycles. The van der Waals surface area contributed by atoms with E-state index in [2.05, 4.69) is 34.4 Å². The van der Waals surface area contributed by atoms with E-state index in [4.69, 9.17) is 0 Å². The van der Waals surface area contributed by atoms with Crippen LogP contribution in [0, 0.1) is 0 Å². The number of pyridine rings is 1. The molecule has 0 saturated carbocycles. The Labute approximate surface area is 104 Å². The molecule has 1 rings (SSSR count). The van der Waals surface area contributed by atoms with Crippen molar-refractivity contribution in [2.24, 2.45) is 0 Å². The first-order valence-corrected chi connectivity index (χ1v) is 6.41. The van der Waals surface area contributed by atoms with Gasteiger partial charge in [0.05, 0.1) is 0 Å². The standard InChI is InChI=1S/C13H24N4/c1-4-17(5-2)11-7-10-15-13-9-6-8-12(14-3)16-13/h6,8-9H,4-5,7,10-11H2,1-3H3,(H2,14,15,16). The second kappa shape index (κ2) is 7.90. The van der Waals surface area contributed by atoms with Crippen LogP contribution in [-0.2, 0) is 0 Å².